The van der Waals surface area contributed by atoms with E-state index in [0.717, 1.165) is 17.1 Å². The zero-order chi connectivity index (χ0) is 11.5. The number of aromatic nitrogens is 4. The molecule has 0 aliphatic rings. The van der Waals surface area contributed by atoms with Crippen molar-refractivity contribution < 1.29 is 0 Å². The van der Waals surface area contributed by atoms with Crippen LogP contribution in [0.4, 0.5) is 11.6 Å². The van der Waals surface area contributed by atoms with Gasteiger partial charge in [-0.15, -0.1) is 0 Å². The number of anilines is 2. The molecule has 0 unspecified atom stereocenters. The maximum absolute atomic E-state index is 4.26. The van der Waals surface area contributed by atoms with Crippen molar-refractivity contribution in [1.29, 1.82) is 0 Å². The van der Waals surface area contributed by atoms with Gasteiger partial charge in [-0.3, -0.25) is 4.68 Å². The number of aryl methyl sites for hydroxylation is 1. The predicted molar refractivity (Wildman–Crippen MR) is 63.4 cm³/mol. The van der Waals surface area contributed by atoms with E-state index in [0.29, 0.717) is 5.95 Å². The fourth-order valence-corrected chi connectivity index (χ4v) is 1.29. The molecule has 2 rings (SSSR count). The summed E-state index contributed by atoms with van der Waals surface area (Å²) >= 11 is 0. The van der Waals surface area contributed by atoms with Gasteiger partial charge in [-0.25, -0.2) is 9.97 Å². The van der Waals surface area contributed by atoms with Gasteiger partial charge in [0.25, 0.3) is 0 Å². The molecule has 2 aromatic rings. The summed E-state index contributed by atoms with van der Waals surface area (Å²) in [6.07, 6.45) is 5.13. The summed E-state index contributed by atoms with van der Waals surface area (Å²) in [5.74, 6) is 0.550. The highest BCUT2D eigenvalue weighted by Crippen LogP contribution is 2.16. The van der Waals surface area contributed by atoms with Gasteiger partial charge in [0.1, 0.15) is 0 Å². The zero-order valence-corrected chi connectivity index (χ0v) is 9.31. The second-order valence-corrected chi connectivity index (χ2v) is 3.40. The molecule has 0 saturated heterocycles. The Labute approximate surface area is 93.9 Å². The van der Waals surface area contributed by atoms with Gasteiger partial charge in [0.2, 0.25) is 5.95 Å². The van der Waals surface area contributed by atoms with Crippen LogP contribution in [0.3, 0.4) is 0 Å². The van der Waals surface area contributed by atoms with Crippen LogP contribution in [0.5, 0.6) is 0 Å². The van der Waals surface area contributed by atoms with E-state index in [1.807, 2.05) is 14.0 Å². The van der Waals surface area contributed by atoms with Crippen LogP contribution in [0.25, 0.3) is 6.08 Å². The summed E-state index contributed by atoms with van der Waals surface area (Å²) in [6.45, 7) is 5.65. The van der Waals surface area contributed by atoms with Crippen LogP contribution in [0.1, 0.15) is 11.4 Å². The van der Waals surface area contributed by atoms with Crippen molar-refractivity contribution in [3.63, 3.8) is 0 Å². The molecule has 0 fully saturated rings. The van der Waals surface area contributed by atoms with Crippen molar-refractivity contribution in [2.75, 3.05) is 5.32 Å². The molecule has 0 amide bonds. The van der Waals surface area contributed by atoms with Crippen molar-refractivity contribution in [3.05, 3.63) is 36.4 Å². The van der Waals surface area contributed by atoms with E-state index in [2.05, 4.69) is 27.0 Å². The fourth-order valence-electron chi connectivity index (χ4n) is 1.29. The Kier molecular flexibility index (Phi) is 2.68. The second kappa shape index (κ2) is 4.14. The maximum Gasteiger partial charge on any atom is 0.227 e. The van der Waals surface area contributed by atoms with Crippen molar-refractivity contribution in [1.82, 2.24) is 19.7 Å². The molecule has 82 valence electrons. The van der Waals surface area contributed by atoms with Gasteiger partial charge in [0.15, 0.2) is 0 Å². The van der Waals surface area contributed by atoms with E-state index < -0.39 is 0 Å². The van der Waals surface area contributed by atoms with E-state index in [1.165, 1.54) is 0 Å². The lowest BCUT2D eigenvalue weighted by atomic mass is 10.4. The van der Waals surface area contributed by atoms with Crippen molar-refractivity contribution >= 4 is 17.7 Å². The Morgan fingerprint density at radius 1 is 1.50 bits per heavy atom. The molecule has 0 atom stereocenters. The van der Waals surface area contributed by atoms with Crippen molar-refractivity contribution in [3.8, 4) is 0 Å². The van der Waals surface area contributed by atoms with E-state index in [1.54, 1.807) is 29.2 Å². The Bertz CT molecular complexity index is 515. The van der Waals surface area contributed by atoms with Gasteiger partial charge in [-0.1, -0.05) is 6.58 Å². The normalized spacial score (nSPS) is 10.1. The molecule has 5 heteroatoms. The second-order valence-electron chi connectivity index (χ2n) is 3.40. The fraction of sp³-hybridized carbons (Fsp3) is 0.182. The lowest BCUT2D eigenvalue weighted by Gasteiger charge is -2.03. The Balaban J connectivity index is 2.26. The molecule has 0 aliphatic heterocycles. The summed E-state index contributed by atoms with van der Waals surface area (Å²) in [4.78, 5) is 8.39. The number of nitrogens with one attached hydrogen (secondary N) is 1. The minimum Gasteiger partial charge on any atom is -0.321 e. The highest BCUT2D eigenvalue weighted by atomic mass is 15.3. The Morgan fingerprint density at radius 3 is 2.94 bits per heavy atom. The highest BCUT2D eigenvalue weighted by molar-refractivity contribution is 5.56. The van der Waals surface area contributed by atoms with Gasteiger partial charge >= 0.3 is 0 Å². The quantitative estimate of drug-likeness (QED) is 0.849. The van der Waals surface area contributed by atoms with Crippen LogP contribution in [-0.4, -0.2) is 19.7 Å². The first-order valence-corrected chi connectivity index (χ1v) is 4.92. The topological polar surface area (TPSA) is 55.6 Å². The lowest BCUT2D eigenvalue weighted by molar-refractivity contribution is 0.740. The summed E-state index contributed by atoms with van der Waals surface area (Å²) in [5, 5.41) is 7.25. The van der Waals surface area contributed by atoms with Crippen molar-refractivity contribution in [2.24, 2.45) is 7.05 Å². The van der Waals surface area contributed by atoms with Crippen LogP contribution in [0.15, 0.2) is 25.0 Å². The van der Waals surface area contributed by atoms with E-state index in [9.17, 15) is 0 Å². The first-order chi connectivity index (χ1) is 7.70. The molecule has 2 aromatic heterocycles. The number of rotatable bonds is 3. The third-order valence-corrected chi connectivity index (χ3v) is 2.37. The van der Waals surface area contributed by atoms with E-state index >= 15 is 0 Å². The van der Waals surface area contributed by atoms with E-state index in [-0.39, 0.29) is 0 Å². The third kappa shape index (κ3) is 1.93. The third-order valence-electron chi connectivity index (χ3n) is 2.37. The van der Waals surface area contributed by atoms with Crippen LogP contribution < -0.4 is 5.32 Å². The van der Waals surface area contributed by atoms with Gasteiger partial charge in [-0.05, 0) is 19.1 Å². The standard InChI is InChI=1S/C11H13N5/c1-4-9-5-6-12-11(14-9)15-10-7-13-16(3)8(10)2/h4-7H,1H2,2-3H3,(H,12,14,15). The monoisotopic (exact) mass is 215 g/mol. The van der Waals surface area contributed by atoms with Crippen LogP contribution >= 0.6 is 0 Å². The summed E-state index contributed by atoms with van der Waals surface area (Å²) in [6, 6.07) is 1.80. The Hall–Kier alpha value is -2.17. The average molecular weight is 215 g/mol. The van der Waals surface area contributed by atoms with Crippen LogP contribution in [0, 0.1) is 6.92 Å². The molecule has 0 aliphatic carbocycles. The van der Waals surface area contributed by atoms with Gasteiger partial charge in [0.05, 0.1) is 23.3 Å². The molecule has 16 heavy (non-hydrogen) atoms. The van der Waals surface area contributed by atoms with Crippen LogP contribution in [-0.2, 0) is 7.05 Å². The van der Waals surface area contributed by atoms with Crippen LogP contribution in [0.2, 0.25) is 0 Å². The summed E-state index contributed by atoms with van der Waals surface area (Å²) in [7, 11) is 1.89. The molecule has 1 N–H and O–H groups in total. The maximum atomic E-state index is 4.26. The summed E-state index contributed by atoms with van der Waals surface area (Å²) in [5.41, 5.74) is 2.73. The average Bonchev–Trinajstić information content (AvgIpc) is 2.61. The van der Waals surface area contributed by atoms with Gasteiger partial charge in [-0.2, -0.15) is 5.10 Å². The predicted octanol–water partition coefficient (Wildman–Crippen LogP) is 1.91. The Morgan fingerprint density at radius 2 is 2.31 bits per heavy atom. The lowest BCUT2D eigenvalue weighted by Crippen LogP contribution is -1.99. The molecular formula is C11H13N5. The smallest absolute Gasteiger partial charge is 0.227 e. The molecule has 0 spiro atoms. The minimum absolute atomic E-state index is 0.550. The van der Waals surface area contributed by atoms with Crippen molar-refractivity contribution in [2.45, 2.75) is 6.92 Å². The molecular weight excluding hydrogens is 202 g/mol. The first-order valence-electron chi connectivity index (χ1n) is 4.92. The molecule has 0 saturated carbocycles. The molecule has 0 bridgehead atoms. The number of hydrogen-bond donors (Lipinski definition) is 1. The molecule has 0 radical (unpaired) electrons. The molecule has 2 heterocycles. The zero-order valence-electron chi connectivity index (χ0n) is 9.31. The van der Waals surface area contributed by atoms with E-state index in [4.69, 9.17) is 0 Å². The molecule has 5 nitrogen and oxygen atoms in total. The minimum atomic E-state index is 0.550. The first kappa shape index (κ1) is 10.4. The highest BCUT2D eigenvalue weighted by Gasteiger charge is 2.05. The van der Waals surface area contributed by atoms with Gasteiger partial charge in [0, 0.05) is 13.2 Å². The number of nitrogens with zero attached hydrogens (tertiary/aromatic N) is 4. The van der Waals surface area contributed by atoms with Gasteiger partial charge < -0.3 is 5.32 Å². The summed E-state index contributed by atoms with van der Waals surface area (Å²) < 4.78 is 1.79. The SMILES string of the molecule is C=Cc1ccnc(Nc2cnn(C)c2C)n1. The molecule has 0 aromatic carbocycles. The number of hydrogen-bond acceptors (Lipinski definition) is 4. The largest absolute Gasteiger partial charge is 0.321 e.